The highest BCUT2D eigenvalue weighted by Crippen LogP contribution is 2.00. The van der Waals surface area contributed by atoms with Gasteiger partial charge >= 0.3 is 0 Å². The van der Waals surface area contributed by atoms with E-state index in [1.54, 1.807) is 6.20 Å². The van der Waals surface area contributed by atoms with Gasteiger partial charge in [-0.05, 0) is 11.9 Å². The first-order valence-corrected chi connectivity index (χ1v) is 2.67. The van der Waals surface area contributed by atoms with Gasteiger partial charge in [0.05, 0.1) is 11.8 Å². The van der Waals surface area contributed by atoms with E-state index in [1.807, 2.05) is 6.92 Å². The fourth-order valence-electron chi connectivity index (χ4n) is 0.550. The summed E-state index contributed by atoms with van der Waals surface area (Å²) in [5.74, 6) is 1.22. The van der Waals surface area contributed by atoms with E-state index in [0.29, 0.717) is 5.82 Å². The third kappa shape index (κ3) is 1.16. The Bertz CT molecular complexity index is 236. The zero-order valence-electron chi connectivity index (χ0n) is 6.31. The van der Waals surface area contributed by atoms with Crippen LogP contribution >= 0.6 is 0 Å². The molecule has 0 aromatic carbocycles. The van der Waals surface area contributed by atoms with Crippen molar-refractivity contribution in [3.63, 3.8) is 0 Å². The fourth-order valence-corrected chi connectivity index (χ4v) is 0.550. The van der Waals surface area contributed by atoms with Gasteiger partial charge in [0.1, 0.15) is 0 Å². The molecule has 0 amide bonds. The second kappa shape index (κ2) is 2.01. The van der Waals surface area contributed by atoms with Gasteiger partial charge in [0, 0.05) is 8.29 Å². The number of nitrogens with one attached hydrogen (secondary N) is 1. The molecule has 1 aromatic rings. The van der Waals surface area contributed by atoms with Gasteiger partial charge in [0.15, 0.2) is 0 Å². The number of aromatic amines is 1. The summed E-state index contributed by atoms with van der Waals surface area (Å²) in [7, 11) is 0. The number of aryl methyl sites for hydroxylation is 2. The van der Waals surface area contributed by atoms with E-state index >= 15 is 0 Å². The highest BCUT2D eigenvalue weighted by atomic mass is 14.9. The minimum Gasteiger partial charge on any atom is -0.363 e. The first-order chi connectivity index (χ1) is 4.74. The van der Waals surface area contributed by atoms with Crippen LogP contribution in [0.1, 0.15) is 12.8 Å². The highest BCUT2D eigenvalue weighted by Gasteiger charge is 2.02. The van der Waals surface area contributed by atoms with Crippen molar-refractivity contribution in [1.29, 1.82) is 0 Å². The Morgan fingerprint density at radius 1 is 1.89 bits per heavy atom. The zero-order chi connectivity index (χ0) is 7.56. The van der Waals surface area contributed by atoms with Gasteiger partial charge in [-0.15, -0.1) is 0 Å². The molecule has 0 bridgehead atoms. The molecule has 0 radical (unpaired) electrons. The van der Waals surface area contributed by atoms with Crippen LogP contribution in [-0.2, 0) is 0 Å². The largest absolute Gasteiger partial charge is 0.363 e. The van der Waals surface area contributed by atoms with E-state index in [0.717, 1.165) is 11.4 Å². The number of hydrogen-bond donors (Lipinski definition) is 1. The lowest BCUT2D eigenvalue weighted by Crippen LogP contribution is -2.12. The summed E-state index contributed by atoms with van der Waals surface area (Å²) in [5.41, 5.74) is 6.22. The molecule has 0 saturated heterocycles. The summed E-state index contributed by atoms with van der Waals surface area (Å²) in [5, 5.41) is 0. The van der Waals surface area contributed by atoms with E-state index in [2.05, 4.69) is 9.97 Å². The molecule has 9 heavy (non-hydrogen) atoms. The summed E-state index contributed by atoms with van der Waals surface area (Å²) in [6.45, 7) is 2.00. The predicted molar refractivity (Wildman–Crippen MR) is 34.7 cm³/mol. The molecular weight excluding hydrogens is 114 g/mol. The predicted octanol–water partition coefficient (Wildman–Crippen LogP) is 0.0947. The van der Waals surface area contributed by atoms with Crippen molar-refractivity contribution in [2.45, 2.75) is 13.8 Å². The molecule has 48 valence electrons. The van der Waals surface area contributed by atoms with Gasteiger partial charge in [-0.2, -0.15) is 0 Å². The number of nitrogens with two attached hydrogens (primary N) is 1. The minimum absolute atomic E-state index is 0.176. The topological polar surface area (TPSA) is 53.0 Å². The number of hydrogen-bond acceptors (Lipinski definition) is 2. The molecule has 0 fully saturated rings. The molecule has 0 aliphatic carbocycles. The van der Waals surface area contributed by atoms with Gasteiger partial charge in [-0.3, -0.25) is 0 Å². The Balaban J connectivity index is 3.07. The van der Waals surface area contributed by atoms with Gasteiger partial charge in [0.2, 0.25) is 5.82 Å². The molecule has 1 heterocycles. The number of aromatic nitrogens is 2. The van der Waals surface area contributed by atoms with Gasteiger partial charge < -0.3 is 5.73 Å². The fraction of sp³-hybridized carbons (Fsp3) is 0.333. The normalized spacial score (nSPS) is 11.0. The third-order valence-electron chi connectivity index (χ3n) is 1.07. The first kappa shape index (κ1) is 4.73. The Hall–Kier alpha value is -1.12. The van der Waals surface area contributed by atoms with E-state index in [1.165, 1.54) is 0 Å². The van der Waals surface area contributed by atoms with Crippen LogP contribution < -0.4 is 10.7 Å². The Labute approximate surface area is 55.3 Å². The summed E-state index contributed by atoms with van der Waals surface area (Å²) in [6, 6.07) is 0. The van der Waals surface area contributed by atoms with Gasteiger partial charge in [-0.25, -0.2) is 4.98 Å². The third-order valence-corrected chi connectivity index (χ3v) is 1.07. The molecule has 3 N–H and O–H groups in total. The maximum Gasteiger partial charge on any atom is 0.295 e. The van der Waals surface area contributed by atoms with Crippen LogP contribution in [0.15, 0.2) is 6.20 Å². The lowest BCUT2D eigenvalue weighted by molar-refractivity contribution is -0.393. The van der Waals surface area contributed by atoms with E-state index < -0.39 is 0 Å². The van der Waals surface area contributed by atoms with E-state index in [9.17, 15) is 0 Å². The summed E-state index contributed by atoms with van der Waals surface area (Å²) in [4.78, 5) is 6.83. The van der Waals surface area contributed by atoms with Crippen molar-refractivity contribution < 1.29 is 6.35 Å². The molecule has 1 aromatic heterocycles. The van der Waals surface area contributed by atoms with Crippen LogP contribution in [0, 0.1) is 13.8 Å². The number of H-pyrrole nitrogens is 1. The van der Waals surface area contributed by atoms with Gasteiger partial charge in [-0.1, -0.05) is 0 Å². The monoisotopic (exact) mass is 125 g/mol. The summed E-state index contributed by atoms with van der Waals surface area (Å²) >= 11 is 0. The molecule has 0 saturated carbocycles. The number of rotatable bonds is 0. The molecule has 3 nitrogen and oxygen atoms in total. The van der Waals surface area contributed by atoms with Crippen LogP contribution in [0.3, 0.4) is 0 Å². The quantitative estimate of drug-likeness (QED) is 0.534. The van der Waals surface area contributed by atoms with E-state index in [-0.39, 0.29) is 6.90 Å². The zero-order valence-corrected chi connectivity index (χ0v) is 5.31. The highest BCUT2D eigenvalue weighted by molar-refractivity contribution is 5.34. The van der Waals surface area contributed by atoms with Crippen molar-refractivity contribution in [3.05, 3.63) is 17.6 Å². The maximum absolute atomic E-state index is 7.02. The van der Waals surface area contributed by atoms with Crippen LogP contribution in [-0.4, -0.2) is 4.98 Å². The molecule has 0 atom stereocenters. The maximum atomic E-state index is 7.02. The second-order valence-corrected chi connectivity index (χ2v) is 1.90. The van der Waals surface area contributed by atoms with Crippen molar-refractivity contribution in [2.75, 3.05) is 5.73 Å². The molecular formula is C6H10N3+. The second-order valence-electron chi connectivity index (χ2n) is 1.90. The lowest BCUT2D eigenvalue weighted by atomic mass is 10.3. The van der Waals surface area contributed by atoms with Crippen molar-refractivity contribution >= 4 is 5.82 Å². The standard InChI is InChI=1S/C6H9N3/c1-4-3-8-5(2)9-6(4)7/h3H,1-2H3,(H2,7,8,9)/p+1/i1D. The lowest BCUT2D eigenvalue weighted by Gasteiger charge is -1.87. The van der Waals surface area contributed by atoms with Crippen LogP contribution in [0.5, 0.6) is 0 Å². The first-order valence-electron chi connectivity index (χ1n) is 3.37. The van der Waals surface area contributed by atoms with Crippen molar-refractivity contribution in [2.24, 2.45) is 0 Å². The van der Waals surface area contributed by atoms with Crippen molar-refractivity contribution in [3.8, 4) is 0 Å². The SMILES string of the molecule is [2H]Cc1c[nH+]c(C)nc1N. The van der Waals surface area contributed by atoms with Crippen molar-refractivity contribution in [1.82, 2.24) is 4.98 Å². The Morgan fingerprint density at radius 2 is 2.67 bits per heavy atom. The molecule has 1 rings (SSSR count). The van der Waals surface area contributed by atoms with Crippen LogP contribution in [0.25, 0.3) is 0 Å². The summed E-state index contributed by atoms with van der Waals surface area (Å²) < 4.78 is 7.02. The average molecular weight is 125 g/mol. The number of nitrogens with zero attached hydrogens (tertiary/aromatic N) is 1. The molecule has 0 unspecified atom stereocenters. The average Bonchev–Trinajstić information content (AvgIpc) is 1.88. The van der Waals surface area contributed by atoms with Gasteiger partial charge in [0.25, 0.3) is 5.82 Å². The molecule has 0 aliphatic heterocycles. The number of anilines is 1. The van der Waals surface area contributed by atoms with Crippen LogP contribution in [0.2, 0.25) is 0 Å². The molecule has 3 heteroatoms. The molecule has 0 spiro atoms. The Morgan fingerprint density at radius 3 is 3.22 bits per heavy atom. The summed E-state index contributed by atoms with van der Waals surface area (Å²) in [6.07, 6.45) is 1.71. The van der Waals surface area contributed by atoms with E-state index in [4.69, 9.17) is 7.10 Å². The smallest absolute Gasteiger partial charge is 0.295 e. The minimum atomic E-state index is 0.176. The number of nitrogen functional groups attached to an aromatic ring is 1. The Kier molecular flexibility index (Phi) is 1.06. The molecule has 0 aliphatic rings. The van der Waals surface area contributed by atoms with Crippen LogP contribution in [0.4, 0.5) is 5.82 Å².